The van der Waals surface area contributed by atoms with Crippen LogP contribution in [0.3, 0.4) is 0 Å². The van der Waals surface area contributed by atoms with Crippen LogP contribution in [-0.4, -0.2) is 11.3 Å². The van der Waals surface area contributed by atoms with Crippen LogP contribution in [0.5, 0.6) is 0 Å². The molecule has 1 unspecified atom stereocenters. The first-order valence-corrected chi connectivity index (χ1v) is 21.9. The van der Waals surface area contributed by atoms with E-state index in [-0.39, 0.29) is 14.0 Å². The average molecular weight is 656 g/mol. The molecule has 46 heavy (non-hydrogen) atoms. The number of rotatable bonds is 7. The van der Waals surface area contributed by atoms with E-state index in [0.717, 1.165) is 29.7 Å². The van der Waals surface area contributed by atoms with Gasteiger partial charge in [-0.1, -0.05) is 82.4 Å². The molecule has 2 aromatic carbocycles. The van der Waals surface area contributed by atoms with Crippen molar-refractivity contribution in [3.05, 3.63) is 75.5 Å². The van der Waals surface area contributed by atoms with Gasteiger partial charge in [-0.25, -0.2) is 5.09 Å². The van der Waals surface area contributed by atoms with Crippen LogP contribution in [0.4, 0.5) is 0 Å². The summed E-state index contributed by atoms with van der Waals surface area (Å²) >= 11 is 0. The third-order valence-corrected chi connectivity index (χ3v) is 17.2. The Morgan fingerprint density at radius 3 is 2.26 bits per heavy atom. The number of benzene rings is 2. The minimum absolute atomic E-state index is 0.00651. The van der Waals surface area contributed by atoms with Gasteiger partial charge in [-0.3, -0.25) is 0 Å². The number of aryl methyl sites for hydroxylation is 3. The summed E-state index contributed by atoms with van der Waals surface area (Å²) in [7, 11) is -1.31. The van der Waals surface area contributed by atoms with Gasteiger partial charge in [-0.2, -0.15) is 0 Å². The molecule has 246 valence electrons. The fourth-order valence-electron chi connectivity index (χ4n) is 9.81. The molecule has 2 fully saturated rings. The first-order valence-electron chi connectivity index (χ1n) is 19.1. The van der Waals surface area contributed by atoms with Crippen molar-refractivity contribution >= 4 is 32.6 Å². The van der Waals surface area contributed by atoms with Crippen LogP contribution in [0, 0.1) is 0 Å². The van der Waals surface area contributed by atoms with Crippen LogP contribution in [-0.2, 0) is 25.4 Å². The Morgan fingerprint density at radius 2 is 1.46 bits per heavy atom. The van der Waals surface area contributed by atoms with Crippen LogP contribution in [0.2, 0.25) is 0 Å². The van der Waals surface area contributed by atoms with Gasteiger partial charge in [0, 0.05) is 23.4 Å². The fourth-order valence-corrected chi connectivity index (χ4v) is 15.0. The van der Waals surface area contributed by atoms with Crippen molar-refractivity contribution in [3.63, 3.8) is 0 Å². The van der Waals surface area contributed by atoms with Crippen molar-refractivity contribution < 1.29 is 8.39 Å². The van der Waals surface area contributed by atoms with Crippen LogP contribution in [0.25, 0.3) is 16.5 Å². The highest BCUT2D eigenvalue weighted by Crippen LogP contribution is 2.58. The van der Waals surface area contributed by atoms with E-state index in [2.05, 4.69) is 48.4 Å². The van der Waals surface area contributed by atoms with E-state index < -0.39 is 8.16 Å². The highest BCUT2D eigenvalue weighted by atomic mass is 31.1. The molecule has 0 saturated heterocycles. The predicted molar refractivity (Wildman–Crippen MR) is 198 cm³/mol. The molecule has 5 aliphatic carbocycles. The maximum atomic E-state index is 7.02. The third-order valence-electron chi connectivity index (χ3n) is 12.2. The molecule has 1 heterocycles. The number of hydrogen-bond acceptors (Lipinski definition) is 3. The smallest absolute Gasteiger partial charge is 0.307 e. The van der Waals surface area contributed by atoms with E-state index in [0.29, 0.717) is 0 Å². The zero-order chi connectivity index (χ0) is 30.9. The first-order chi connectivity index (χ1) is 22.7. The van der Waals surface area contributed by atoms with Gasteiger partial charge in [-0.05, 0) is 142 Å². The molecule has 1 N–H and O–H groups in total. The second-order valence-corrected chi connectivity index (χ2v) is 19.1. The Bertz CT molecular complexity index is 1590. The quantitative estimate of drug-likeness (QED) is 0.257. The Morgan fingerprint density at radius 1 is 0.739 bits per heavy atom. The van der Waals surface area contributed by atoms with Gasteiger partial charge in [0.1, 0.15) is 11.3 Å². The largest absolute Gasteiger partial charge is 0.412 e. The van der Waals surface area contributed by atoms with Gasteiger partial charge >= 0.3 is 8.16 Å². The molecule has 5 aliphatic rings. The molecule has 2 atom stereocenters. The molecule has 3 nitrogen and oxygen atoms in total. The second kappa shape index (κ2) is 14.4. The zero-order valence-corrected chi connectivity index (χ0v) is 30.0. The van der Waals surface area contributed by atoms with Crippen molar-refractivity contribution in [2.75, 3.05) is 5.09 Å². The minimum Gasteiger partial charge on any atom is -0.412 e. The van der Waals surface area contributed by atoms with Gasteiger partial charge in [0.25, 0.3) is 0 Å². The lowest BCUT2D eigenvalue weighted by molar-refractivity contribution is 0.484. The van der Waals surface area contributed by atoms with Gasteiger partial charge < -0.3 is 8.39 Å². The van der Waals surface area contributed by atoms with Crippen LogP contribution < -0.4 is 5.09 Å². The molecule has 0 amide bonds. The van der Waals surface area contributed by atoms with Gasteiger partial charge in [0.2, 0.25) is 0 Å². The van der Waals surface area contributed by atoms with Crippen molar-refractivity contribution in [1.82, 2.24) is 0 Å². The standard InChI is InChI=1S/C41H55NO2P2/c1-29(35-21-11-10-16-32(35)28-45(33-17-4-2-5-18-33)34-19-6-3-7-20-34)42-46-43-38-26-24-30-14-8-12-22-36(30)40(38)41-37-23-13-9-15-31(37)25-27-39(41)44-46/h10-11,16,21,24,26,29,33-34,42H,2-9,12-15,17-20,22-23,25,27-28H2,1H3/t29-,46?/m1/s1. The van der Waals surface area contributed by atoms with E-state index in [1.807, 2.05) is 0 Å². The van der Waals surface area contributed by atoms with E-state index >= 15 is 0 Å². The molecule has 0 radical (unpaired) electrons. The summed E-state index contributed by atoms with van der Waals surface area (Å²) < 4.78 is 14.0. The van der Waals surface area contributed by atoms with E-state index in [1.165, 1.54) is 150 Å². The molecule has 1 aromatic heterocycles. The minimum atomic E-state index is -1.31. The number of nitrogens with one attached hydrogen (secondary N) is 1. The first kappa shape index (κ1) is 31.5. The Labute approximate surface area is 279 Å². The Balaban J connectivity index is 1.15. The van der Waals surface area contributed by atoms with Crippen molar-refractivity contribution in [1.29, 1.82) is 0 Å². The molecule has 8 rings (SSSR count). The highest BCUT2D eigenvalue weighted by molar-refractivity contribution is 7.58. The topological polar surface area (TPSA) is 38.3 Å². The van der Waals surface area contributed by atoms with Gasteiger partial charge in [0.05, 0.1) is 0 Å². The molecule has 0 bridgehead atoms. The number of hydrogen-bond donors (Lipinski definition) is 1. The summed E-state index contributed by atoms with van der Waals surface area (Å²) in [6.45, 7) is 2.36. The molecule has 0 aliphatic heterocycles. The van der Waals surface area contributed by atoms with E-state index in [9.17, 15) is 0 Å². The van der Waals surface area contributed by atoms with Gasteiger partial charge in [0.15, 0.2) is 0 Å². The maximum absolute atomic E-state index is 7.02. The van der Waals surface area contributed by atoms with E-state index in [4.69, 9.17) is 8.39 Å². The monoisotopic (exact) mass is 655 g/mol. The molecular formula is C41H55NO2P2. The summed E-state index contributed by atoms with van der Waals surface area (Å²) in [5, 5.41) is 5.35. The summed E-state index contributed by atoms with van der Waals surface area (Å²) in [6.07, 6.45) is 28.1. The SMILES string of the molecule is C[C@@H](Np1oc2c(c3c4c(ccc3o1)CCCC4)C1=C(CCCC1)CC2)c1ccccc1CP(C1CCCCC1)C1CCCCC1. The molecular weight excluding hydrogens is 600 g/mol. The zero-order valence-electron chi connectivity index (χ0n) is 28.3. The van der Waals surface area contributed by atoms with Crippen molar-refractivity contribution in [2.24, 2.45) is 0 Å². The lowest BCUT2D eigenvalue weighted by Crippen LogP contribution is -2.22. The maximum Gasteiger partial charge on any atom is 0.307 e. The van der Waals surface area contributed by atoms with Crippen molar-refractivity contribution in [2.45, 2.75) is 159 Å². The van der Waals surface area contributed by atoms with Crippen molar-refractivity contribution in [3.8, 4) is 0 Å². The van der Waals surface area contributed by atoms with Gasteiger partial charge in [-0.15, -0.1) is 0 Å². The van der Waals surface area contributed by atoms with Crippen LogP contribution in [0.1, 0.15) is 156 Å². The number of allylic oxidation sites excluding steroid dienone is 2. The number of fused-ring (bicyclic) bond motifs is 6. The summed E-state index contributed by atoms with van der Waals surface area (Å²) in [4.78, 5) is 0. The van der Waals surface area contributed by atoms with E-state index in [1.54, 1.807) is 22.3 Å². The second-order valence-electron chi connectivity index (χ2n) is 15.1. The lowest BCUT2D eigenvalue weighted by Gasteiger charge is -2.39. The normalized spacial score (nSPS) is 22.0. The predicted octanol–water partition coefficient (Wildman–Crippen LogP) is 13.2. The van der Waals surface area contributed by atoms with Crippen LogP contribution in [0.15, 0.2) is 50.4 Å². The van der Waals surface area contributed by atoms with Crippen LogP contribution >= 0.6 is 16.1 Å². The third kappa shape index (κ3) is 6.48. The summed E-state index contributed by atoms with van der Waals surface area (Å²) in [6, 6.07) is 14.2. The highest BCUT2D eigenvalue weighted by Gasteiger charge is 2.32. The average Bonchev–Trinajstić information content (AvgIpc) is 3.28. The Kier molecular flexibility index (Phi) is 9.83. The summed E-state index contributed by atoms with van der Waals surface area (Å²) in [5.41, 5.74) is 13.9. The molecule has 0 spiro atoms. The molecule has 3 aromatic rings. The Hall–Kier alpha value is -1.79. The fraction of sp³-hybridized carbons (Fsp3) is 0.610. The molecule has 5 heteroatoms. The molecule has 2 saturated carbocycles. The summed E-state index contributed by atoms with van der Waals surface area (Å²) in [5.74, 6) is 1.20. The lowest BCUT2D eigenvalue weighted by atomic mass is 9.78.